The summed E-state index contributed by atoms with van der Waals surface area (Å²) in [6.07, 6.45) is 3.74. The minimum Gasteiger partial charge on any atom is -0.467 e. The molecule has 7 heteroatoms. The molecule has 1 N–H and O–H groups in total. The van der Waals surface area contributed by atoms with Gasteiger partial charge in [0, 0.05) is 18.2 Å². The number of benzene rings is 1. The number of hydrogen-bond acceptors (Lipinski definition) is 5. The third kappa shape index (κ3) is 5.20. The van der Waals surface area contributed by atoms with Gasteiger partial charge in [-0.05, 0) is 45.4 Å². The van der Waals surface area contributed by atoms with Gasteiger partial charge in [0.05, 0.1) is 11.2 Å². The molecule has 0 spiro atoms. The molecule has 1 aromatic heterocycles. The van der Waals surface area contributed by atoms with Crippen molar-refractivity contribution in [3.63, 3.8) is 0 Å². The van der Waals surface area contributed by atoms with Gasteiger partial charge in [0.1, 0.15) is 11.4 Å². The summed E-state index contributed by atoms with van der Waals surface area (Å²) in [5.74, 6) is 0.124. The summed E-state index contributed by atoms with van der Waals surface area (Å²) < 4.78 is 5.52. The molecule has 1 heterocycles. The SMILES string of the molecule is C=CCCN(c1ccccc1[N+](=O)[O-])C(C(=O)NC(C)(C)C)c1ccco1. The fourth-order valence-electron chi connectivity index (χ4n) is 2.79. The molecule has 7 nitrogen and oxygen atoms in total. The second-order valence-corrected chi connectivity index (χ2v) is 7.17. The van der Waals surface area contributed by atoms with Crippen LogP contribution in [-0.4, -0.2) is 22.9 Å². The lowest BCUT2D eigenvalue weighted by atomic mass is 10.0. The van der Waals surface area contributed by atoms with Crippen LogP contribution in [0.5, 0.6) is 0 Å². The van der Waals surface area contributed by atoms with E-state index in [4.69, 9.17) is 4.42 Å². The number of nitro benzene ring substituents is 1. The molecule has 0 bridgehead atoms. The standard InChI is InChI=1S/C20H25N3O4/c1-5-6-13-22(15-10-7-8-11-16(15)23(25)26)18(17-12-9-14-27-17)19(24)21-20(2,3)4/h5,7-12,14,18H,1,6,13H2,2-4H3,(H,21,24). The Balaban J connectivity index is 2.57. The Morgan fingerprint density at radius 3 is 2.59 bits per heavy atom. The lowest BCUT2D eigenvalue weighted by Crippen LogP contribution is -2.48. The van der Waals surface area contributed by atoms with Gasteiger partial charge in [0.15, 0.2) is 6.04 Å². The first kappa shape index (κ1) is 20.2. The van der Waals surface area contributed by atoms with Crippen LogP contribution in [-0.2, 0) is 4.79 Å². The summed E-state index contributed by atoms with van der Waals surface area (Å²) in [7, 11) is 0. The highest BCUT2D eigenvalue weighted by Crippen LogP contribution is 2.35. The van der Waals surface area contributed by atoms with Gasteiger partial charge in [-0.2, -0.15) is 0 Å². The van der Waals surface area contributed by atoms with Gasteiger partial charge in [-0.3, -0.25) is 14.9 Å². The zero-order valence-corrected chi connectivity index (χ0v) is 15.8. The molecular formula is C20H25N3O4. The van der Waals surface area contributed by atoms with Gasteiger partial charge in [-0.25, -0.2) is 0 Å². The number of hydrogen-bond donors (Lipinski definition) is 1. The van der Waals surface area contributed by atoms with Crippen LogP contribution in [0.4, 0.5) is 11.4 Å². The number of anilines is 1. The summed E-state index contributed by atoms with van der Waals surface area (Å²) >= 11 is 0. The first-order chi connectivity index (χ1) is 12.7. The molecule has 1 amide bonds. The van der Waals surface area contributed by atoms with Crippen molar-refractivity contribution >= 4 is 17.3 Å². The molecule has 27 heavy (non-hydrogen) atoms. The topological polar surface area (TPSA) is 88.6 Å². The fraction of sp³-hybridized carbons (Fsp3) is 0.350. The van der Waals surface area contributed by atoms with E-state index in [2.05, 4.69) is 11.9 Å². The van der Waals surface area contributed by atoms with Crippen molar-refractivity contribution in [2.75, 3.05) is 11.4 Å². The minimum atomic E-state index is -0.847. The molecule has 1 atom stereocenters. The molecule has 144 valence electrons. The van der Waals surface area contributed by atoms with Crippen LogP contribution in [0.1, 0.15) is 39.0 Å². The van der Waals surface area contributed by atoms with Crippen molar-refractivity contribution in [3.8, 4) is 0 Å². The van der Waals surface area contributed by atoms with Gasteiger partial charge in [-0.1, -0.05) is 18.2 Å². The van der Waals surface area contributed by atoms with E-state index >= 15 is 0 Å². The van der Waals surface area contributed by atoms with Crippen molar-refractivity contribution in [2.24, 2.45) is 0 Å². The molecular weight excluding hydrogens is 346 g/mol. The van der Waals surface area contributed by atoms with E-state index in [9.17, 15) is 14.9 Å². The molecule has 0 radical (unpaired) electrons. The average molecular weight is 371 g/mol. The van der Waals surface area contributed by atoms with Crippen LogP contribution in [0.15, 0.2) is 59.7 Å². The lowest BCUT2D eigenvalue weighted by Gasteiger charge is -2.33. The van der Waals surface area contributed by atoms with Gasteiger partial charge >= 0.3 is 0 Å². The number of nitrogens with one attached hydrogen (secondary N) is 1. The van der Waals surface area contributed by atoms with Crippen LogP contribution in [0, 0.1) is 10.1 Å². The third-order valence-electron chi connectivity index (χ3n) is 3.83. The predicted octanol–water partition coefficient (Wildman–Crippen LogP) is 4.23. The molecule has 2 aromatic rings. The van der Waals surface area contributed by atoms with Gasteiger partial charge < -0.3 is 14.6 Å². The van der Waals surface area contributed by atoms with Crippen LogP contribution in [0.25, 0.3) is 0 Å². The molecule has 0 aliphatic carbocycles. The van der Waals surface area contributed by atoms with E-state index in [1.165, 1.54) is 12.3 Å². The number of nitrogens with zero attached hydrogens (tertiary/aromatic N) is 2. The molecule has 1 unspecified atom stereocenters. The Bertz CT molecular complexity index is 794. The van der Waals surface area contributed by atoms with Crippen molar-refractivity contribution in [1.82, 2.24) is 5.32 Å². The Morgan fingerprint density at radius 2 is 2.04 bits per heavy atom. The second kappa shape index (κ2) is 8.53. The minimum absolute atomic E-state index is 0.0679. The number of nitro groups is 1. The number of furan rings is 1. The number of carbonyl (C=O) groups is 1. The number of amides is 1. The maximum atomic E-state index is 13.1. The predicted molar refractivity (Wildman–Crippen MR) is 105 cm³/mol. The van der Waals surface area contributed by atoms with E-state index in [1.807, 2.05) is 20.8 Å². The highest BCUT2D eigenvalue weighted by Gasteiger charge is 2.34. The molecule has 2 rings (SSSR count). The second-order valence-electron chi connectivity index (χ2n) is 7.17. The fourth-order valence-corrected chi connectivity index (χ4v) is 2.79. The monoisotopic (exact) mass is 371 g/mol. The molecule has 0 aliphatic heterocycles. The molecule has 0 saturated carbocycles. The van der Waals surface area contributed by atoms with Crippen molar-refractivity contribution in [2.45, 2.75) is 38.8 Å². The number of para-hydroxylation sites is 2. The van der Waals surface area contributed by atoms with Crippen LogP contribution in [0.3, 0.4) is 0 Å². The zero-order chi connectivity index (χ0) is 20.0. The van der Waals surface area contributed by atoms with E-state index in [-0.39, 0.29) is 11.6 Å². The maximum absolute atomic E-state index is 13.1. The van der Waals surface area contributed by atoms with Gasteiger partial charge in [0.25, 0.3) is 11.6 Å². The van der Waals surface area contributed by atoms with E-state index in [0.29, 0.717) is 24.4 Å². The first-order valence-corrected chi connectivity index (χ1v) is 8.71. The zero-order valence-electron chi connectivity index (χ0n) is 15.8. The quantitative estimate of drug-likeness (QED) is 0.426. The summed E-state index contributed by atoms with van der Waals surface area (Å²) in [6.45, 7) is 9.73. The van der Waals surface area contributed by atoms with Gasteiger partial charge in [0.2, 0.25) is 0 Å². The third-order valence-corrected chi connectivity index (χ3v) is 3.83. The first-order valence-electron chi connectivity index (χ1n) is 8.71. The summed E-state index contributed by atoms with van der Waals surface area (Å²) in [4.78, 5) is 25.9. The van der Waals surface area contributed by atoms with Crippen LogP contribution >= 0.6 is 0 Å². The van der Waals surface area contributed by atoms with E-state index < -0.39 is 16.5 Å². The molecule has 0 fully saturated rings. The van der Waals surface area contributed by atoms with Crippen molar-refractivity contribution in [3.05, 3.63) is 71.2 Å². The number of rotatable bonds is 8. The largest absolute Gasteiger partial charge is 0.467 e. The van der Waals surface area contributed by atoms with E-state index in [0.717, 1.165) is 0 Å². The smallest absolute Gasteiger partial charge is 0.292 e. The van der Waals surface area contributed by atoms with Crippen molar-refractivity contribution in [1.29, 1.82) is 0 Å². The Kier molecular flexibility index (Phi) is 6.39. The average Bonchev–Trinajstić information content (AvgIpc) is 3.10. The Hall–Kier alpha value is -3.09. The highest BCUT2D eigenvalue weighted by atomic mass is 16.6. The summed E-state index contributed by atoms with van der Waals surface area (Å²) in [6, 6.07) is 8.92. The Labute approximate surface area is 158 Å². The maximum Gasteiger partial charge on any atom is 0.292 e. The van der Waals surface area contributed by atoms with Crippen LogP contribution in [0.2, 0.25) is 0 Å². The number of carbonyl (C=O) groups excluding carboxylic acids is 1. The van der Waals surface area contributed by atoms with Crippen LogP contribution < -0.4 is 10.2 Å². The normalized spacial score (nSPS) is 12.3. The summed E-state index contributed by atoms with van der Waals surface area (Å²) in [5.41, 5.74) is -0.175. The molecule has 0 aliphatic rings. The summed E-state index contributed by atoms with van der Waals surface area (Å²) in [5, 5.41) is 14.5. The Morgan fingerprint density at radius 1 is 1.33 bits per heavy atom. The van der Waals surface area contributed by atoms with Crippen molar-refractivity contribution < 1.29 is 14.1 Å². The van der Waals surface area contributed by atoms with E-state index in [1.54, 1.807) is 41.3 Å². The lowest BCUT2D eigenvalue weighted by molar-refractivity contribution is -0.384. The van der Waals surface area contributed by atoms with Gasteiger partial charge in [-0.15, -0.1) is 6.58 Å². The molecule has 0 saturated heterocycles. The molecule has 1 aromatic carbocycles. The highest BCUT2D eigenvalue weighted by molar-refractivity contribution is 5.87.